The standard InChI is InChI=1S/C23H21NO7/c25-17-11-24(22(29)31-13-16-9-5-2-6-10-16)14-23(18(17)19(23)20(26)27)21(28)30-12-15-7-3-1-4-8-15/h1-10,18-19H,11-14H2,(H,26,27). The van der Waals surface area contributed by atoms with Crippen LogP contribution in [0.4, 0.5) is 4.79 Å². The lowest BCUT2D eigenvalue weighted by atomic mass is 9.96. The number of benzene rings is 2. The second kappa shape index (κ2) is 8.22. The van der Waals surface area contributed by atoms with E-state index in [0.29, 0.717) is 0 Å². The number of carbonyl (C=O) groups is 4. The predicted molar refractivity (Wildman–Crippen MR) is 106 cm³/mol. The maximum atomic E-state index is 12.9. The highest BCUT2D eigenvalue weighted by Gasteiger charge is 2.79. The van der Waals surface area contributed by atoms with Crippen molar-refractivity contribution >= 4 is 23.8 Å². The van der Waals surface area contributed by atoms with Crippen LogP contribution in [0.15, 0.2) is 60.7 Å². The maximum absolute atomic E-state index is 12.9. The lowest BCUT2D eigenvalue weighted by Crippen LogP contribution is -2.48. The fourth-order valence-electron chi connectivity index (χ4n) is 4.25. The molecular weight excluding hydrogens is 402 g/mol. The normalized spacial score (nSPS) is 24.1. The monoisotopic (exact) mass is 423 g/mol. The number of hydrogen-bond acceptors (Lipinski definition) is 6. The Labute approximate surface area is 178 Å². The number of ketones is 1. The van der Waals surface area contributed by atoms with Crippen LogP contribution in [0.25, 0.3) is 0 Å². The molecule has 0 bridgehead atoms. The molecule has 0 radical (unpaired) electrons. The number of ether oxygens (including phenoxy) is 2. The van der Waals surface area contributed by atoms with Gasteiger partial charge in [-0.05, 0) is 11.1 Å². The summed E-state index contributed by atoms with van der Waals surface area (Å²) in [5, 5.41) is 9.58. The summed E-state index contributed by atoms with van der Waals surface area (Å²) in [4.78, 5) is 50.9. The number of likely N-dealkylation sites (tertiary alicyclic amines) is 1. The predicted octanol–water partition coefficient (Wildman–Crippen LogP) is 2.27. The number of amides is 1. The van der Waals surface area contributed by atoms with Crippen molar-refractivity contribution in [1.29, 1.82) is 0 Å². The first kappa shape index (κ1) is 20.6. The Morgan fingerprint density at radius 3 is 2.03 bits per heavy atom. The van der Waals surface area contributed by atoms with Gasteiger partial charge in [0.2, 0.25) is 0 Å². The molecule has 3 atom stereocenters. The van der Waals surface area contributed by atoms with Crippen molar-refractivity contribution in [3.8, 4) is 0 Å². The van der Waals surface area contributed by atoms with Gasteiger partial charge >= 0.3 is 18.0 Å². The highest BCUT2D eigenvalue weighted by Crippen LogP contribution is 2.62. The number of hydrogen-bond donors (Lipinski definition) is 1. The van der Waals surface area contributed by atoms with Crippen LogP contribution in [0.3, 0.4) is 0 Å². The van der Waals surface area contributed by atoms with Crippen molar-refractivity contribution in [2.24, 2.45) is 17.3 Å². The molecule has 1 saturated carbocycles. The highest BCUT2D eigenvalue weighted by atomic mass is 16.6. The number of piperidine rings is 1. The van der Waals surface area contributed by atoms with Crippen molar-refractivity contribution < 1.29 is 33.8 Å². The first-order chi connectivity index (χ1) is 14.9. The van der Waals surface area contributed by atoms with Crippen LogP contribution in [-0.4, -0.2) is 46.9 Å². The zero-order chi connectivity index (χ0) is 22.0. The number of rotatable bonds is 6. The first-order valence-electron chi connectivity index (χ1n) is 9.86. The lowest BCUT2D eigenvalue weighted by molar-refractivity contribution is -0.157. The number of carboxylic acid groups (broad SMARTS) is 1. The Hall–Kier alpha value is -3.68. The van der Waals surface area contributed by atoms with Gasteiger partial charge in [0, 0.05) is 6.54 Å². The number of esters is 1. The Morgan fingerprint density at radius 2 is 1.48 bits per heavy atom. The van der Waals surface area contributed by atoms with E-state index in [-0.39, 0.29) is 26.3 Å². The van der Waals surface area contributed by atoms with E-state index in [1.165, 1.54) is 0 Å². The number of carboxylic acids is 1. The van der Waals surface area contributed by atoms with Crippen LogP contribution in [0.2, 0.25) is 0 Å². The molecule has 4 rings (SSSR count). The zero-order valence-corrected chi connectivity index (χ0v) is 16.6. The number of aliphatic carboxylic acids is 1. The Balaban J connectivity index is 1.47. The van der Waals surface area contributed by atoms with Crippen LogP contribution >= 0.6 is 0 Å². The van der Waals surface area contributed by atoms with Gasteiger partial charge in [0.05, 0.1) is 18.4 Å². The van der Waals surface area contributed by atoms with E-state index >= 15 is 0 Å². The SMILES string of the molecule is O=C(O)C1C2C(=O)CN(C(=O)OCc3ccccc3)CC12C(=O)OCc1ccccc1. The van der Waals surface area contributed by atoms with Gasteiger partial charge in [0.25, 0.3) is 0 Å². The molecule has 8 heteroatoms. The quantitative estimate of drug-likeness (QED) is 0.710. The smallest absolute Gasteiger partial charge is 0.410 e. The van der Waals surface area contributed by atoms with Crippen molar-refractivity contribution in [3.05, 3.63) is 71.8 Å². The minimum absolute atomic E-state index is 0.00159. The maximum Gasteiger partial charge on any atom is 0.410 e. The largest absolute Gasteiger partial charge is 0.481 e. The van der Waals surface area contributed by atoms with E-state index in [9.17, 15) is 24.3 Å². The molecule has 1 aliphatic carbocycles. The number of carbonyl (C=O) groups excluding carboxylic acids is 3. The first-order valence-corrected chi connectivity index (χ1v) is 9.86. The van der Waals surface area contributed by atoms with Crippen molar-refractivity contribution in [2.75, 3.05) is 13.1 Å². The molecule has 1 amide bonds. The van der Waals surface area contributed by atoms with Crippen LogP contribution in [0, 0.1) is 17.3 Å². The molecule has 2 aromatic rings. The summed E-state index contributed by atoms with van der Waals surface area (Å²) in [5.74, 6) is -4.73. The second-order valence-corrected chi connectivity index (χ2v) is 7.76. The molecule has 8 nitrogen and oxygen atoms in total. The molecule has 31 heavy (non-hydrogen) atoms. The third-order valence-electron chi connectivity index (χ3n) is 5.80. The molecule has 160 valence electrons. The number of Topliss-reactive ketones (excluding diaryl/α,β-unsaturated/α-hetero) is 1. The summed E-state index contributed by atoms with van der Waals surface area (Å²) in [6.07, 6.45) is -0.776. The van der Waals surface area contributed by atoms with E-state index in [2.05, 4.69) is 0 Å². The molecule has 0 aromatic heterocycles. The van der Waals surface area contributed by atoms with E-state index in [0.717, 1.165) is 16.0 Å². The number of fused-ring (bicyclic) bond motifs is 1. The van der Waals surface area contributed by atoms with Gasteiger partial charge in [-0.1, -0.05) is 60.7 Å². The van der Waals surface area contributed by atoms with Gasteiger partial charge in [-0.2, -0.15) is 0 Å². The summed E-state index contributed by atoms with van der Waals surface area (Å²) >= 11 is 0. The number of nitrogens with zero attached hydrogens (tertiary/aromatic N) is 1. The molecule has 1 N–H and O–H groups in total. The molecule has 2 aromatic carbocycles. The fourth-order valence-corrected chi connectivity index (χ4v) is 4.25. The minimum atomic E-state index is -1.58. The van der Waals surface area contributed by atoms with Crippen LogP contribution in [-0.2, 0) is 37.1 Å². The highest BCUT2D eigenvalue weighted by molar-refractivity contribution is 6.05. The third kappa shape index (κ3) is 3.88. The average Bonchev–Trinajstić information content (AvgIpc) is 3.49. The zero-order valence-electron chi connectivity index (χ0n) is 16.6. The lowest BCUT2D eigenvalue weighted by Gasteiger charge is -2.30. The van der Waals surface area contributed by atoms with E-state index in [4.69, 9.17) is 9.47 Å². The van der Waals surface area contributed by atoms with Crippen LogP contribution < -0.4 is 0 Å². The average molecular weight is 423 g/mol. The van der Waals surface area contributed by atoms with Crippen molar-refractivity contribution in [1.82, 2.24) is 4.90 Å². The fraction of sp³-hybridized carbons (Fsp3) is 0.304. The second-order valence-electron chi connectivity index (χ2n) is 7.76. The molecule has 2 fully saturated rings. The van der Waals surface area contributed by atoms with Gasteiger partial charge < -0.3 is 14.6 Å². The van der Waals surface area contributed by atoms with E-state index in [1.54, 1.807) is 48.5 Å². The van der Waals surface area contributed by atoms with Gasteiger partial charge in [0.15, 0.2) is 5.78 Å². The summed E-state index contributed by atoms with van der Waals surface area (Å²) < 4.78 is 10.6. The Kier molecular flexibility index (Phi) is 5.46. The van der Waals surface area contributed by atoms with Crippen LogP contribution in [0.5, 0.6) is 0 Å². The van der Waals surface area contributed by atoms with E-state index < -0.39 is 41.1 Å². The van der Waals surface area contributed by atoms with Crippen molar-refractivity contribution in [3.63, 3.8) is 0 Å². The Morgan fingerprint density at radius 1 is 0.935 bits per heavy atom. The van der Waals surface area contributed by atoms with Gasteiger partial charge in [-0.15, -0.1) is 0 Å². The van der Waals surface area contributed by atoms with Gasteiger partial charge in [-0.25, -0.2) is 4.79 Å². The summed E-state index contributed by atoms with van der Waals surface area (Å²) in [7, 11) is 0. The van der Waals surface area contributed by atoms with Gasteiger partial charge in [-0.3, -0.25) is 19.3 Å². The van der Waals surface area contributed by atoms with Crippen LogP contribution in [0.1, 0.15) is 11.1 Å². The van der Waals surface area contributed by atoms with Crippen molar-refractivity contribution in [2.45, 2.75) is 13.2 Å². The Bertz CT molecular complexity index is 1000. The summed E-state index contributed by atoms with van der Waals surface area (Å²) in [6, 6.07) is 17.9. The third-order valence-corrected chi connectivity index (χ3v) is 5.80. The molecule has 1 saturated heterocycles. The molecular formula is C23H21NO7. The summed E-state index contributed by atoms with van der Waals surface area (Å²) in [5.41, 5.74) is -0.0803. The molecule has 2 aliphatic rings. The molecule has 3 unspecified atom stereocenters. The van der Waals surface area contributed by atoms with Gasteiger partial charge in [0.1, 0.15) is 18.6 Å². The molecule has 0 spiro atoms. The van der Waals surface area contributed by atoms with E-state index in [1.807, 2.05) is 12.1 Å². The molecule has 1 heterocycles. The summed E-state index contributed by atoms with van der Waals surface area (Å²) in [6.45, 7) is -0.577. The molecule has 1 aliphatic heterocycles. The topological polar surface area (TPSA) is 110 Å². The minimum Gasteiger partial charge on any atom is -0.481 e.